The largest absolute Gasteiger partial charge is 0.465 e. The monoisotopic (exact) mass is 278 g/mol. The Balaban J connectivity index is 5.37. The molecule has 0 aliphatic heterocycles. The third-order valence-electron chi connectivity index (χ3n) is 2.33. The van der Waals surface area contributed by atoms with Crippen LogP contribution in [0.2, 0.25) is 0 Å². The number of allylic oxidation sites excluding steroid dienone is 2. The average Bonchev–Trinajstić information content (AvgIpc) is 2.14. The van der Waals surface area contributed by atoms with Gasteiger partial charge in [0.25, 0.3) is 0 Å². The van der Waals surface area contributed by atoms with Gasteiger partial charge in [-0.2, -0.15) is 0 Å². The molecule has 0 aromatic rings. The first-order chi connectivity index (χ1) is 7.76. The van der Waals surface area contributed by atoms with E-state index in [1.165, 1.54) is 6.92 Å². The Kier molecular flexibility index (Phi) is 6.50. The van der Waals surface area contributed by atoms with E-state index in [2.05, 4.69) is 13.2 Å². The van der Waals surface area contributed by atoms with E-state index in [9.17, 15) is 9.59 Å². The van der Waals surface area contributed by atoms with E-state index in [1.54, 1.807) is 6.92 Å². The molecule has 0 amide bonds. The molecule has 0 rings (SSSR count). The summed E-state index contributed by atoms with van der Waals surface area (Å²) < 4.78 is 4.91. The minimum atomic E-state index is -1.41. The zero-order chi connectivity index (χ0) is 13.6. The normalized spacial score (nSPS) is 10.8. The van der Waals surface area contributed by atoms with Crippen LogP contribution in [-0.2, 0) is 14.3 Å². The van der Waals surface area contributed by atoms with Gasteiger partial charge in [0, 0.05) is 22.9 Å². The van der Waals surface area contributed by atoms with E-state index >= 15 is 0 Å². The topological polar surface area (TPSA) is 43.4 Å². The van der Waals surface area contributed by atoms with E-state index in [-0.39, 0.29) is 35.3 Å². The average molecular weight is 279 g/mol. The molecule has 0 aliphatic carbocycles. The number of Topliss-reactive ketones (excluding diaryl/α,β-unsaturated/α-hetero) is 1. The first-order valence-electron chi connectivity index (χ1n) is 5.11. The Morgan fingerprint density at radius 2 is 1.59 bits per heavy atom. The predicted molar refractivity (Wildman–Crippen MR) is 69.0 cm³/mol. The fraction of sp³-hybridized carbons (Fsp3) is 0.500. The number of ether oxygens (including phenoxy) is 1. The molecule has 0 bridgehead atoms. The Bertz CT molecular complexity index is 332. The fourth-order valence-electron chi connectivity index (χ4n) is 1.52. The van der Waals surface area contributed by atoms with Gasteiger partial charge in [0.2, 0.25) is 0 Å². The van der Waals surface area contributed by atoms with Crippen molar-refractivity contribution in [1.82, 2.24) is 0 Å². The molecule has 0 aromatic carbocycles. The van der Waals surface area contributed by atoms with Crippen LogP contribution in [0, 0.1) is 5.41 Å². The summed E-state index contributed by atoms with van der Waals surface area (Å²) in [6.07, 6.45) is -0.0110. The van der Waals surface area contributed by atoms with Gasteiger partial charge in [0.15, 0.2) is 0 Å². The number of rotatable bonds is 7. The van der Waals surface area contributed by atoms with Gasteiger partial charge in [-0.25, -0.2) is 0 Å². The lowest BCUT2D eigenvalue weighted by molar-refractivity contribution is -0.159. The molecular weight excluding hydrogens is 263 g/mol. The molecule has 96 valence electrons. The van der Waals surface area contributed by atoms with Crippen molar-refractivity contribution < 1.29 is 14.3 Å². The number of carbonyl (C=O) groups is 2. The summed E-state index contributed by atoms with van der Waals surface area (Å²) in [5.74, 6) is -1.00. The van der Waals surface area contributed by atoms with Crippen LogP contribution >= 0.6 is 23.2 Å². The minimum absolute atomic E-state index is 0.00549. The summed E-state index contributed by atoms with van der Waals surface area (Å²) in [6.45, 7) is 10.2. The molecular formula is C12H16Cl2O3. The van der Waals surface area contributed by atoms with Gasteiger partial charge in [-0.3, -0.25) is 9.59 Å². The van der Waals surface area contributed by atoms with Crippen molar-refractivity contribution in [2.24, 2.45) is 5.41 Å². The van der Waals surface area contributed by atoms with E-state index in [0.717, 1.165) is 0 Å². The molecule has 0 heterocycles. The zero-order valence-electron chi connectivity index (χ0n) is 10.0. The fourth-order valence-corrected chi connectivity index (χ4v) is 1.98. The third-order valence-corrected chi connectivity index (χ3v) is 2.59. The molecule has 0 atom stereocenters. The number of hydrogen-bond donors (Lipinski definition) is 0. The second-order valence-corrected chi connectivity index (χ2v) is 4.82. The summed E-state index contributed by atoms with van der Waals surface area (Å²) in [5, 5.41) is 0.400. The van der Waals surface area contributed by atoms with Crippen LogP contribution in [0.25, 0.3) is 0 Å². The number of esters is 1. The number of halogens is 2. The maximum absolute atomic E-state index is 11.9. The molecule has 3 nitrogen and oxygen atoms in total. The lowest BCUT2D eigenvalue weighted by Crippen LogP contribution is -2.39. The molecule has 0 spiro atoms. The summed E-state index contributed by atoms with van der Waals surface area (Å²) >= 11 is 11.4. The van der Waals surface area contributed by atoms with E-state index in [4.69, 9.17) is 27.9 Å². The molecule has 0 fully saturated rings. The SMILES string of the molecule is C=C(Cl)CC(CC(=C)Cl)(C(C)=O)C(=O)OCC. The lowest BCUT2D eigenvalue weighted by Gasteiger charge is -2.28. The standard InChI is InChI=1S/C12H16Cl2O3/c1-5-17-11(16)12(10(4)15,6-8(2)13)7-9(3)14/h2-3,5-7H2,1,4H3. The van der Waals surface area contributed by atoms with Crippen LogP contribution in [0.15, 0.2) is 23.2 Å². The summed E-state index contributed by atoms with van der Waals surface area (Å²) in [7, 11) is 0. The Morgan fingerprint density at radius 3 is 1.82 bits per heavy atom. The van der Waals surface area contributed by atoms with Crippen LogP contribution in [-0.4, -0.2) is 18.4 Å². The van der Waals surface area contributed by atoms with Crippen molar-refractivity contribution in [3.8, 4) is 0 Å². The lowest BCUT2D eigenvalue weighted by atomic mass is 9.77. The first-order valence-corrected chi connectivity index (χ1v) is 5.86. The minimum Gasteiger partial charge on any atom is -0.465 e. The van der Waals surface area contributed by atoms with Gasteiger partial charge < -0.3 is 4.74 Å². The van der Waals surface area contributed by atoms with Gasteiger partial charge in [-0.1, -0.05) is 36.4 Å². The molecule has 0 N–H and O–H groups in total. The van der Waals surface area contributed by atoms with Crippen LogP contribution in [0.3, 0.4) is 0 Å². The Labute approximate surface area is 111 Å². The van der Waals surface area contributed by atoms with Crippen molar-refractivity contribution in [2.45, 2.75) is 26.7 Å². The number of hydrogen-bond acceptors (Lipinski definition) is 3. The summed E-state index contributed by atoms with van der Waals surface area (Å²) in [5.41, 5.74) is -1.41. The zero-order valence-corrected chi connectivity index (χ0v) is 11.5. The Hall–Kier alpha value is -0.800. The van der Waals surface area contributed by atoms with Gasteiger partial charge in [0.1, 0.15) is 11.2 Å². The molecule has 0 unspecified atom stereocenters. The number of carbonyl (C=O) groups excluding carboxylic acids is 2. The molecule has 17 heavy (non-hydrogen) atoms. The van der Waals surface area contributed by atoms with Crippen LogP contribution in [0.1, 0.15) is 26.7 Å². The van der Waals surface area contributed by atoms with E-state index in [0.29, 0.717) is 0 Å². The van der Waals surface area contributed by atoms with Gasteiger partial charge in [0.05, 0.1) is 6.61 Å². The highest BCUT2D eigenvalue weighted by Crippen LogP contribution is 2.37. The second kappa shape index (κ2) is 6.82. The third kappa shape index (κ3) is 4.52. The van der Waals surface area contributed by atoms with Crippen molar-refractivity contribution in [1.29, 1.82) is 0 Å². The van der Waals surface area contributed by atoms with Crippen molar-refractivity contribution in [3.63, 3.8) is 0 Å². The quantitative estimate of drug-likeness (QED) is 0.530. The van der Waals surface area contributed by atoms with Crippen molar-refractivity contribution >= 4 is 35.0 Å². The molecule has 0 saturated carbocycles. The summed E-state index contributed by atoms with van der Waals surface area (Å²) in [4.78, 5) is 23.7. The van der Waals surface area contributed by atoms with Gasteiger partial charge in [-0.15, -0.1) is 0 Å². The van der Waals surface area contributed by atoms with Crippen LogP contribution < -0.4 is 0 Å². The Morgan fingerprint density at radius 1 is 1.18 bits per heavy atom. The maximum Gasteiger partial charge on any atom is 0.320 e. The predicted octanol–water partition coefficient (Wildman–Crippen LogP) is 3.41. The smallest absolute Gasteiger partial charge is 0.320 e. The molecule has 5 heteroatoms. The number of ketones is 1. The van der Waals surface area contributed by atoms with Crippen molar-refractivity contribution in [2.75, 3.05) is 6.61 Å². The second-order valence-electron chi connectivity index (χ2n) is 3.75. The van der Waals surface area contributed by atoms with Gasteiger partial charge >= 0.3 is 5.97 Å². The van der Waals surface area contributed by atoms with Gasteiger partial charge in [-0.05, 0) is 13.8 Å². The van der Waals surface area contributed by atoms with Crippen molar-refractivity contribution in [3.05, 3.63) is 23.2 Å². The summed E-state index contributed by atoms with van der Waals surface area (Å²) in [6, 6.07) is 0. The molecule has 0 saturated heterocycles. The van der Waals surface area contributed by atoms with E-state index < -0.39 is 11.4 Å². The first kappa shape index (κ1) is 16.2. The molecule has 0 radical (unpaired) electrons. The molecule has 0 aromatic heterocycles. The maximum atomic E-state index is 11.9. The highest BCUT2D eigenvalue weighted by molar-refractivity contribution is 6.30. The van der Waals surface area contributed by atoms with E-state index in [1.807, 2.05) is 0 Å². The highest BCUT2D eigenvalue weighted by atomic mass is 35.5. The van der Waals surface area contributed by atoms with Crippen LogP contribution in [0.4, 0.5) is 0 Å². The highest BCUT2D eigenvalue weighted by Gasteiger charge is 2.45. The van der Waals surface area contributed by atoms with Crippen LogP contribution in [0.5, 0.6) is 0 Å². The molecule has 0 aliphatic rings.